The molecule has 1 aliphatic carbocycles. The molecule has 1 saturated heterocycles. The number of benzene rings is 2. The molecule has 2 atom stereocenters. The lowest BCUT2D eigenvalue weighted by atomic mass is 9.78. The van der Waals surface area contributed by atoms with E-state index in [9.17, 15) is 14.4 Å². The van der Waals surface area contributed by atoms with Crippen molar-refractivity contribution in [2.24, 2.45) is 5.41 Å². The van der Waals surface area contributed by atoms with Crippen molar-refractivity contribution in [3.8, 4) is 0 Å². The fourth-order valence-electron chi connectivity index (χ4n) is 6.70. The van der Waals surface area contributed by atoms with Crippen LogP contribution >= 0.6 is 0 Å². The number of carbonyl (C=O) groups excluding carboxylic acids is 3. The Labute approximate surface area is 229 Å². The minimum Gasteiger partial charge on any atom is -0.326 e. The summed E-state index contributed by atoms with van der Waals surface area (Å²) in [5, 5.41) is 5.96. The molecule has 6 rings (SSSR count). The number of hydrogen-bond acceptors (Lipinski definition) is 4. The number of anilines is 2. The first-order valence-electron chi connectivity index (χ1n) is 13.6. The Bertz CT molecular complexity index is 1530. The van der Waals surface area contributed by atoms with E-state index in [2.05, 4.69) is 47.7 Å². The summed E-state index contributed by atoms with van der Waals surface area (Å²) in [5.74, 6) is 0.388. The molecule has 0 saturated carbocycles. The number of pyridine rings is 1. The number of rotatable bonds is 4. The van der Waals surface area contributed by atoms with Gasteiger partial charge in [0.15, 0.2) is 0 Å². The third-order valence-corrected chi connectivity index (χ3v) is 8.82. The quantitative estimate of drug-likeness (QED) is 0.504. The molecule has 1 spiro atoms. The van der Waals surface area contributed by atoms with Crippen molar-refractivity contribution in [2.75, 3.05) is 17.2 Å². The van der Waals surface area contributed by atoms with Crippen molar-refractivity contribution >= 4 is 29.2 Å². The van der Waals surface area contributed by atoms with E-state index in [1.165, 1.54) is 5.56 Å². The molecule has 200 valence electrons. The highest BCUT2D eigenvalue weighted by atomic mass is 16.2. The molecule has 2 aliphatic heterocycles. The van der Waals surface area contributed by atoms with Crippen LogP contribution in [0.2, 0.25) is 0 Å². The minimum atomic E-state index is -0.653. The first-order valence-corrected chi connectivity index (χ1v) is 13.6. The van der Waals surface area contributed by atoms with Gasteiger partial charge in [-0.3, -0.25) is 14.4 Å². The van der Waals surface area contributed by atoms with E-state index in [4.69, 9.17) is 0 Å². The van der Waals surface area contributed by atoms with Gasteiger partial charge in [0.25, 0.3) is 0 Å². The summed E-state index contributed by atoms with van der Waals surface area (Å²) < 4.78 is 0. The van der Waals surface area contributed by atoms with Crippen molar-refractivity contribution in [2.45, 2.75) is 64.8 Å². The maximum Gasteiger partial charge on any atom is 0.244 e. The van der Waals surface area contributed by atoms with Crippen molar-refractivity contribution < 1.29 is 14.4 Å². The Morgan fingerprint density at radius 2 is 1.87 bits per heavy atom. The van der Waals surface area contributed by atoms with Crippen LogP contribution in [0.15, 0.2) is 54.7 Å². The minimum absolute atomic E-state index is 0.00397. The van der Waals surface area contributed by atoms with Crippen molar-refractivity contribution in [1.82, 2.24) is 9.88 Å². The van der Waals surface area contributed by atoms with Gasteiger partial charge in [0.1, 0.15) is 12.4 Å². The standard InChI is InChI=1S/C32H34N4O3/c1-19-7-10-24(20(2)14-19)26-11-12-31(3,4)30(39)36(26)18-27(37)34-23-9-8-21-16-32(17-22(21)15-23)25-6-5-13-33-28(25)35-29(32)38/h5-10,13-15,26H,11-12,16-18H2,1-4H3,(H,34,37)(H,33,35,38)/t26-,32+/m0/s1. The van der Waals surface area contributed by atoms with Gasteiger partial charge in [-0.25, -0.2) is 4.98 Å². The fraction of sp³-hybridized carbons (Fsp3) is 0.375. The van der Waals surface area contributed by atoms with Crippen LogP contribution in [0, 0.1) is 19.3 Å². The van der Waals surface area contributed by atoms with Gasteiger partial charge >= 0.3 is 0 Å². The Morgan fingerprint density at radius 1 is 1.08 bits per heavy atom. The predicted molar refractivity (Wildman–Crippen MR) is 150 cm³/mol. The SMILES string of the molecule is Cc1ccc([C@@H]2CCC(C)(C)C(=O)N2CC(=O)Nc2ccc3c(c2)C[C@@]2(C3)C(=O)Nc3ncccc32)c(C)c1. The average Bonchev–Trinajstić information content (AvgIpc) is 3.40. The largest absolute Gasteiger partial charge is 0.326 e. The van der Waals surface area contributed by atoms with Crippen LogP contribution in [0.3, 0.4) is 0 Å². The number of piperidine rings is 1. The number of aromatic nitrogens is 1. The first-order chi connectivity index (χ1) is 18.6. The van der Waals surface area contributed by atoms with Crippen LogP contribution in [0.1, 0.15) is 66.1 Å². The Morgan fingerprint density at radius 3 is 2.67 bits per heavy atom. The molecule has 0 unspecified atom stereocenters. The van der Waals surface area contributed by atoms with Crippen LogP contribution < -0.4 is 10.6 Å². The molecule has 39 heavy (non-hydrogen) atoms. The number of nitrogens with zero attached hydrogens (tertiary/aromatic N) is 2. The number of likely N-dealkylation sites (tertiary alicyclic amines) is 1. The van der Waals surface area contributed by atoms with Crippen LogP contribution in [-0.2, 0) is 32.6 Å². The number of fused-ring (bicyclic) bond motifs is 3. The Hall–Kier alpha value is -4.00. The van der Waals surface area contributed by atoms with Crippen molar-refractivity contribution in [3.05, 3.63) is 88.1 Å². The fourth-order valence-corrected chi connectivity index (χ4v) is 6.70. The number of carbonyl (C=O) groups is 3. The molecule has 1 fully saturated rings. The lowest BCUT2D eigenvalue weighted by Crippen LogP contribution is -2.50. The Kier molecular flexibility index (Phi) is 5.86. The second-order valence-corrected chi connectivity index (χ2v) is 12.1. The summed E-state index contributed by atoms with van der Waals surface area (Å²) in [5.41, 5.74) is 6.00. The molecule has 7 nitrogen and oxygen atoms in total. The lowest BCUT2D eigenvalue weighted by Gasteiger charge is -2.43. The number of nitrogens with one attached hydrogen (secondary N) is 2. The number of aryl methyl sites for hydroxylation is 2. The molecule has 3 heterocycles. The van der Waals surface area contributed by atoms with Gasteiger partial charge in [0, 0.05) is 22.9 Å². The van der Waals surface area contributed by atoms with E-state index in [1.54, 1.807) is 11.1 Å². The molecule has 2 aromatic carbocycles. The predicted octanol–water partition coefficient (Wildman–Crippen LogP) is 5.02. The maximum absolute atomic E-state index is 13.5. The summed E-state index contributed by atoms with van der Waals surface area (Å²) in [6.45, 7) is 8.04. The highest BCUT2D eigenvalue weighted by molar-refractivity contribution is 6.06. The summed E-state index contributed by atoms with van der Waals surface area (Å²) in [6.07, 6.45) is 4.45. The zero-order valence-corrected chi connectivity index (χ0v) is 22.9. The summed E-state index contributed by atoms with van der Waals surface area (Å²) >= 11 is 0. The van der Waals surface area contributed by atoms with Gasteiger partial charge in [-0.15, -0.1) is 0 Å². The molecule has 3 aromatic rings. The smallest absolute Gasteiger partial charge is 0.244 e. The van der Waals surface area contributed by atoms with Crippen molar-refractivity contribution in [1.29, 1.82) is 0 Å². The first kappa shape index (κ1) is 25.3. The van der Waals surface area contributed by atoms with E-state index < -0.39 is 10.8 Å². The number of hydrogen-bond donors (Lipinski definition) is 2. The maximum atomic E-state index is 13.5. The normalized spacial score (nSPS) is 23.0. The zero-order chi connectivity index (χ0) is 27.5. The lowest BCUT2D eigenvalue weighted by molar-refractivity contribution is -0.150. The molecular weight excluding hydrogens is 488 g/mol. The molecule has 3 amide bonds. The summed E-state index contributed by atoms with van der Waals surface area (Å²) in [6, 6.07) is 15.8. The van der Waals surface area contributed by atoms with E-state index >= 15 is 0 Å². The van der Waals surface area contributed by atoms with Gasteiger partial charge in [0.2, 0.25) is 17.7 Å². The van der Waals surface area contributed by atoms with E-state index in [0.717, 1.165) is 40.7 Å². The molecule has 7 heteroatoms. The highest BCUT2D eigenvalue weighted by Crippen LogP contribution is 2.47. The molecule has 0 bridgehead atoms. The highest BCUT2D eigenvalue weighted by Gasteiger charge is 2.51. The molecule has 1 aromatic heterocycles. The van der Waals surface area contributed by atoms with Crippen LogP contribution in [-0.4, -0.2) is 34.2 Å². The zero-order valence-electron chi connectivity index (χ0n) is 22.9. The monoisotopic (exact) mass is 522 g/mol. The second-order valence-electron chi connectivity index (χ2n) is 12.1. The second kappa shape index (κ2) is 9.04. The van der Waals surface area contributed by atoms with Gasteiger partial charge < -0.3 is 15.5 Å². The van der Waals surface area contributed by atoms with Gasteiger partial charge in [-0.1, -0.05) is 49.7 Å². The number of amides is 3. The topological polar surface area (TPSA) is 91.4 Å². The Balaban J connectivity index is 1.22. The van der Waals surface area contributed by atoms with Crippen LogP contribution in [0.5, 0.6) is 0 Å². The van der Waals surface area contributed by atoms with E-state index in [0.29, 0.717) is 24.3 Å². The average molecular weight is 523 g/mol. The van der Waals surface area contributed by atoms with E-state index in [1.807, 2.05) is 44.2 Å². The van der Waals surface area contributed by atoms with Gasteiger partial charge in [-0.2, -0.15) is 0 Å². The molecule has 3 aliphatic rings. The van der Waals surface area contributed by atoms with E-state index in [-0.39, 0.29) is 30.3 Å². The molecule has 0 radical (unpaired) electrons. The van der Waals surface area contributed by atoms with Crippen LogP contribution in [0.4, 0.5) is 11.5 Å². The molecule has 2 N–H and O–H groups in total. The third kappa shape index (κ3) is 4.20. The third-order valence-electron chi connectivity index (χ3n) is 8.82. The van der Waals surface area contributed by atoms with Gasteiger partial charge in [0.05, 0.1) is 11.5 Å². The van der Waals surface area contributed by atoms with Gasteiger partial charge in [-0.05, 0) is 80.0 Å². The molecular formula is C32H34N4O3. The van der Waals surface area contributed by atoms with Crippen molar-refractivity contribution in [3.63, 3.8) is 0 Å². The summed E-state index contributed by atoms with van der Waals surface area (Å²) in [7, 11) is 0. The summed E-state index contributed by atoms with van der Waals surface area (Å²) in [4.78, 5) is 46.0. The van der Waals surface area contributed by atoms with Crippen LogP contribution in [0.25, 0.3) is 0 Å².